The van der Waals surface area contributed by atoms with Gasteiger partial charge in [-0.25, -0.2) is 4.39 Å². The molecule has 3 aromatic carbocycles. The third-order valence-corrected chi connectivity index (χ3v) is 4.94. The lowest BCUT2D eigenvalue weighted by atomic mass is 9.93. The molecule has 0 unspecified atom stereocenters. The number of methoxy groups -OCH3 is 1. The van der Waals surface area contributed by atoms with Crippen LogP contribution in [0.1, 0.15) is 35.3 Å². The summed E-state index contributed by atoms with van der Waals surface area (Å²) in [5.41, 5.74) is 3.41. The quantitative estimate of drug-likeness (QED) is 0.690. The third-order valence-electron chi connectivity index (χ3n) is 4.94. The number of hydrogen-bond donors (Lipinski definition) is 2. The van der Waals surface area contributed by atoms with Crippen LogP contribution in [0.2, 0.25) is 0 Å². The van der Waals surface area contributed by atoms with Gasteiger partial charge in [0.2, 0.25) is 0 Å². The SMILES string of the molecule is COc1ccc(C2=N[C@H](c3cccc(F)c3)N[C@H](c3ccccc3O)C2)cc1. The topological polar surface area (TPSA) is 53.8 Å². The average molecular weight is 376 g/mol. The van der Waals surface area contributed by atoms with Gasteiger partial charge in [-0.05, 0) is 53.6 Å². The van der Waals surface area contributed by atoms with Crippen molar-refractivity contribution >= 4 is 5.71 Å². The lowest BCUT2D eigenvalue weighted by Gasteiger charge is -2.31. The van der Waals surface area contributed by atoms with Crippen LogP contribution in [-0.2, 0) is 0 Å². The maximum Gasteiger partial charge on any atom is 0.126 e. The molecule has 3 aromatic rings. The number of halogens is 1. The second kappa shape index (κ2) is 7.82. The van der Waals surface area contributed by atoms with E-state index in [0.29, 0.717) is 6.42 Å². The fourth-order valence-corrected chi connectivity index (χ4v) is 3.49. The highest BCUT2D eigenvalue weighted by molar-refractivity contribution is 6.01. The van der Waals surface area contributed by atoms with Gasteiger partial charge in [0.25, 0.3) is 0 Å². The zero-order chi connectivity index (χ0) is 19.5. The molecule has 0 amide bonds. The van der Waals surface area contributed by atoms with Crippen LogP contribution in [0.25, 0.3) is 0 Å². The van der Waals surface area contributed by atoms with Gasteiger partial charge in [-0.2, -0.15) is 0 Å². The highest BCUT2D eigenvalue weighted by Gasteiger charge is 2.27. The summed E-state index contributed by atoms with van der Waals surface area (Å²) in [6.07, 6.45) is 0.196. The normalized spacial score (nSPS) is 19.1. The fourth-order valence-electron chi connectivity index (χ4n) is 3.49. The lowest BCUT2D eigenvalue weighted by molar-refractivity contribution is 0.411. The summed E-state index contributed by atoms with van der Waals surface area (Å²) in [4.78, 5) is 4.84. The van der Waals surface area contributed by atoms with Crippen molar-refractivity contribution in [3.05, 3.63) is 95.3 Å². The monoisotopic (exact) mass is 376 g/mol. The minimum atomic E-state index is -0.411. The molecule has 5 heteroatoms. The Morgan fingerprint density at radius 1 is 1.04 bits per heavy atom. The maximum atomic E-state index is 13.8. The Bertz CT molecular complexity index is 1000. The van der Waals surface area contributed by atoms with E-state index >= 15 is 0 Å². The van der Waals surface area contributed by atoms with Crippen LogP contribution in [0.5, 0.6) is 11.5 Å². The van der Waals surface area contributed by atoms with Crippen LogP contribution in [0.3, 0.4) is 0 Å². The minimum Gasteiger partial charge on any atom is -0.508 e. The van der Waals surface area contributed by atoms with E-state index in [1.54, 1.807) is 25.3 Å². The number of aromatic hydroxyl groups is 1. The van der Waals surface area contributed by atoms with Crippen LogP contribution >= 0.6 is 0 Å². The van der Waals surface area contributed by atoms with Crippen LogP contribution in [-0.4, -0.2) is 17.9 Å². The number of rotatable bonds is 4. The number of benzene rings is 3. The van der Waals surface area contributed by atoms with E-state index in [0.717, 1.165) is 28.2 Å². The fraction of sp³-hybridized carbons (Fsp3) is 0.174. The van der Waals surface area contributed by atoms with Crippen LogP contribution in [0, 0.1) is 5.82 Å². The highest BCUT2D eigenvalue weighted by atomic mass is 19.1. The summed E-state index contributed by atoms with van der Waals surface area (Å²) in [5.74, 6) is 0.705. The first-order valence-corrected chi connectivity index (χ1v) is 9.14. The van der Waals surface area contributed by atoms with Gasteiger partial charge in [-0.15, -0.1) is 0 Å². The molecule has 0 spiro atoms. The summed E-state index contributed by atoms with van der Waals surface area (Å²) in [6, 6.07) is 21.3. The van der Waals surface area contributed by atoms with Gasteiger partial charge >= 0.3 is 0 Å². The molecule has 1 aliphatic rings. The van der Waals surface area contributed by atoms with Crippen molar-refractivity contribution in [1.29, 1.82) is 0 Å². The molecular weight excluding hydrogens is 355 g/mol. The molecule has 0 bridgehead atoms. The molecule has 0 radical (unpaired) electrons. The first-order valence-electron chi connectivity index (χ1n) is 9.14. The van der Waals surface area contributed by atoms with Gasteiger partial charge in [-0.1, -0.05) is 30.3 Å². The van der Waals surface area contributed by atoms with Crippen molar-refractivity contribution in [2.45, 2.75) is 18.6 Å². The van der Waals surface area contributed by atoms with Gasteiger partial charge < -0.3 is 9.84 Å². The van der Waals surface area contributed by atoms with E-state index in [9.17, 15) is 9.50 Å². The predicted molar refractivity (Wildman–Crippen MR) is 107 cm³/mol. The predicted octanol–water partition coefficient (Wildman–Crippen LogP) is 4.76. The first-order chi connectivity index (χ1) is 13.6. The molecule has 2 N–H and O–H groups in total. The molecular formula is C23H21FN2O2. The van der Waals surface area contributed by atoms with Gasteiger partial charge in [0.1, 0.15) is 23.5 Å². The number of ether oxygens (including phenoxy) is 1. The summed E-state index contributed by atoms with van der Waals surface area (Å²) in [5, 5.41) is 13.8. The number of hydrogen-bond acceptors (Lipinski definition) is 4. The van der Waals surface area contributed by atoms with Crippen LogP contribution < -0.4 is 10.1 Å². The largest absolute Gasteiger partial charge is 0.508 e. The van der Waals surface area contributed by atoms with Crippen molar-refractivity contribution in [1.82, 2.24) is 5.32 Å². The summed E-state index contributed by atoms with van der Waals surface area (Å²) in [7, 11) is 1.63. The molecule has 4 rings (SSSR count). The number of aliphatic imine (C=N–C) groups is 1. The molecule has 4 nitrogen and oxygen atoms in total. The van der Waals surface area contributed by atoms with Gasteiger partial charge in [0.15, 0.2) is 0 Å². The van der Waals surface area contributed by atoms with E-state index in [4.69, 9.17) is 9.73 Å². The van der Waals surface area contributed by atoms with Crippen LogP contribution in [0.4, 0.5) is 4.39 Å². The Morgan fingerprint density at radius 3 is 2.54 bits per heavy atom. The number of nitrogens with zero attached hydrogens (tertiary/aromatic N) is 1. The van der Waals surface area contributed by atoms with E-state index in [1.807, 2.05) is 42.5 Å². The van der Waals surface area contributed by atoms with E-state index < -0.39 is 6.17 Å². The first kappa shape index (κ1) is 18.2. The van der Waals surface area contributed by atoms with Crippen LogP contribution in [0.15, 0.2) is 77.8 Å². The minimum absolute atomic E-state index is 0.149. The Morgan fingerprint density at radius 2 is 1.82 bits per heavy atom. The second-order valence-corrected chi connectivity index (χ2v) is 6.74. The molecule has 0 fully saturated rings. The van der Waals surface area contributed by atoms with Gasteiger partial charge in [0.05, 0.1) is 7.11 Å². The average Bonchev–Trinajstić information content (AvgIpc) is 2.74. The summed E-state index contributed by atoms with van der Waals surface area (Å²) < 4.78 is 19.0. The molecule has 0 saturated heterocycles. The molecule has 0 aliphatic carbocycles. The number of nitrogens with one attached hydrogen (secondary N) is 1. The molecule has 0 saturated carbocycles. The lowest BCUT2D eigenvalue weighted by Crippen LogP contribution is -2.33. The Kier molecular flexibility index (Phi) is 5.08. The van der Waals surface area contributed by atoms with Crippen molar-refractivity contribution in [3.63, 3.8) is 0 Å². The van der Waals surface area contributed by atoms with Crippen molar-refractivity contribution in [3.8, 4) is 11.5 Å². The summed E-state index contributed by atoms with van der Waals surface area (Å²) >= 11 is 0. The molecule has 1 heterocycles. The number of phenols is 1. The van der Waals surface area contributed by atoms with E-state index in [1.165, 1.54) is 12.1 Å². The molecule has 0 aromatic heterocycles. The van der Waals surface area contributed by atoms with Gasteiger partial charge in [0, 0.05) is 23.7 Å². The maximum absolute atomic E-state index is 13.8. The third kappa shape index (κ3) is 3.75. The number of phenolic OH excluding ortho intramolecular Hbond substituents is 1. The Labute approximate surface area is 163 Å². The van der Waals surface area contributed by atoms with E-state index in [-0.39, 0.29) is 17.6 Å². The van der Waals surface area contributed by atoms with Crippen molar-refractivity contribution in [2.75, 3.05) is 7.11 Å². The zero-order valence-electron chi connectivity index (χ0n) is 15.5. The Hall–Kier alpha value is -3.18. The van der Waals surface area contributed by atoms with Crippen molar-refractivity contribution < 1.29 is 14.2 Å². The van der Waals surface area contributed by atoms with Crippen molar-refractivity contribution in [2.24, 2.45) is 4.99 Å². The van der Waals surface area contributed by atoms with Gasteiger partial charge in [-0.3, -0.25) is 10.3 Å². The zero-order valence-corrected chi connectivity index (χ0v) is 15.5. The smallest absolute Gasteiger partial charge is 0.126 e. The second-order valence-electron chi connectivity index (χ2n) is 6.74. The molecule has 1 aliphatic heterocycles. The van der Waals surface area contributed by atoms with E-state index in [2.05, 4.69) is 5.32 Å². The highest BCUT2D eigenvalue weighted by Crippen LogP contribution is 2.34. The molecule has 28 heavy (non-hydrogen) atoms. The Balaban J connectivity index is 1.74. The molecule has 2 atom stereocenters. The standard InChI is InChI=1S/C23H21FN2O2/c1-28-18-11-9-15(10-12-18)20-14-21(19-7-2-3-8-22(19)27)26-23(25-20)16-5-4-6-17(24)13-16/h2-13,21,23,26-27H,14H2,1H3/t21-,23-/m0/s1. The summed E-state index contributed by atoms with van der Waals surface area (Å²) in [6.45, 7) is 0. The molecule has 142 valence electrons. The number of para-hydroxylation sites is 1.